The van der Waals surface area contributed by atoms with Gasteiger partial charge < -0.3 is 4.90 Å². The molecule has 82 valence electrons. The lowest BCUT2D eigenvalue weighted by Gasteiger charge is -2.18. The van der Waals surface area contributed by atoms with Crippen LogP contribution in [-0.2, 0) is 4.79 Å². The van der Waals surface area contributed by atoms with E-state index in [9.17, 15) is 4.79 Å². The largest absolute Gasteiger partial charge is 0.340 e. The topological polar surface area (TPSA) is 20.3 Å². The summed E-state index contributed by atoms with van der Waals surface area (Å²) in [7, 11) is 0. The predicted molar refractivity (Wildman–Crippen MR) is 61.2 cm³/mol. The number of carbonyl (C=O) groups is 1. The van der Waals surface area contributed by atoms with E-state index in [1.165, 1.54) is 12.8 Å². The van der Waals surface area contributed by atoms with Crippen LogP contribution in [0.25, 0.3) is 0 Å². The van der Waals surface area contributed by atoms with Crippen molar-refractivity contribution in [2.75, 3.05) is 13.1 Å². The summed E-state index contributed by atoms with van der Waals surface area (Å²) in [4.78, 5) is 13.6. The molecule has 0 rings (SSSR count). The summed E-state index contributed by atoms with van der Waals surface area (Å²) in [5, 5.41) is 0. The molecule has 0 atom stereocenters. The van der Waals surface area contributed by atoms with Crippen LogP contribution in [0, 0.1) is 0 Å². The molecule has 0 spiro atoms. The van der Waals surface area contributed by atoms with Gasteiger partial charge in [0.2, 0.25) is 5.91 Å². The van der Waals surface area contributed by atoms with Crippen LogP contribution in [0.1, 0.15) is 47.0 Å². The lowest BCUT2D eigenvalue weighted by Crippen LogP contribution is -2.30. The van der Waals surface area contributed by atoms with Crippen LogP contribution in [0.4, 0.5) is 0 Å². The molecular weight excluding hydrogens is 174 g/mol. The number of hydrogen-bond acceptors (Lipinski definition) is 1. The second kappa shape index (κ2) is 7.60. The van der Waals surface area contributed by atoms with E-state index in [-0.39, 0.29) is 5.91 Å². The summed E-state index contributed by atoms with van der Waals surface area (Å²) in [6.07, 6.45) is 5.44. The van der Waals surface area contributed by atoms with Crippen LogP contribution < -0.4 is 0 Å². The number of hydrogen-bond donors (Lipinski definition) is 0. The number of unbranched alkanes of at least 4 members (excludes halogenated alkanes) is 2. The SMILES string of the molecule is CCCC/C=C(\C)C(=O)N(CC)CC. The van der Waals surface area contributed by atoms with E-state index in [4.69, 9.17) is 0 Å². The van der Waals surface area contributed by atoms with Crippen LogP contribution in [-0.4, -0.2) is 23.9 Å². The van der Waals surface area contributed by atoms with Crippen molar-refractivity contribution in [3.63, 3.8) is 0 Å². The van der Waals surface area contributed by atoms with E-state index in [1.807, 2.05) is 25.7 Å². The molecule has 0 fully saturated rings. The van der Waals surface area contributed by atoms with Crippen LogP contribution in [0.15, 0.2) is 11.6 Å². The van der Waals surface area contributed by atoms with Crippen molar-refractivity contribution in [2.24, 2.45) is 0 Å². The maximum absolute atomic E-state index is 11.8. The molecule has 2 heteroatoms. The van der Waals surface area contributed by atoms with Gasteiger partial charge >= 0.3 is 0 Å². The molecule has 0 N–H and O–H groups in total. The monoisotopic (exact) mass is 197 g/mol. The van der Waals surface area contributed by atoms with E-state index in [2.05, 4.69) is 13.0 Å². The van der Waals surface area contributed by atoms with Gasteiger partial charge in [-0.1, -0.05) is 25.8 Å². The van der Waals surface area contributed by atoms with Crippen LogP contribution >= 0.6 is 0 Å². The first-order valence-electron chi connectivity index (χ1n) is 5.63. The highest BCUT2D eigenvalue weighted by Gasteiger charge is 2.10. The molecule has 1 amide bonds. The molecule has 0 aliphatic carbocycles. The Kier molecular flexibility index (Phi) is 7.17. The van der Waals surface area contributed by atoms with Crippen LogP contribution in [0.5, 0.6) is 0 Å². The molecule has 0 aromatic carbocycles. The molecule has 0 aliphatic rings. The molecular formula is C12H23NO. The van der Waals surface area contributed by atoms with Crippen LogP contribution in [0.3, 0.4) is 0 Å². The van der Waals surface area contributed by atoms with E-state index in [0.717, 1.165) is 25.1 Å². The summed E-state index contributed by atoms with van der Waals surface area (Å²) < 4.78 is 0. The first-order valence-corrected chi connectivity index (χ1v) is 5.63. The molecule has 0 aromatic heterocycles. The fraction of sp³-hybridized carbons (Fsp3) is 0.750. The molecule has 0 saturated heterocycles. The Morgan fingerprint density at radius 3 is 2.21 bits per heavy atom. The van der Waals surface area contributed by atoms with Crippen molar-refractivity contribution < 1.29 is 4.79 Å². The minimum Gasteiger partial charge on any atom is -0.340 e. The van der Waals surface area contributed by atoms with Crippen molar-refractivity contribution in [1.82, 2.24) is 4.90 Å². The van der Waals surface area contributed by atoms with Gasteiger partial charge in [-0.15, -0.1) is 0 Å². The van der Waals surface area contributed by atoms with Gasteiger partial charge in [-0.2, -0.15) is 0 Å². The molecule has 0 unspecified atom stereocenters. The lowest BCUT2D eigenvalue weighted by atomic mass is 10.1. The van der Waals surface area contributed by atoms with E-state index in [1.54, 1.807) is 0 Å². The quantitative estimate of drug-likeness (QED) is 0.473. The zero-order chi connectivity index (χ0) is 11.0. The highest BCUT2D eigenvalue weighted by molar-refractivity contribution is 5.92. The highest BCUT2D eigenvalue weighted by Crippen LogP contribution is 2.04. The summed E-state index contributed by atoms with van der Waals surface area (Å²) in [5.74, 6) is 0.186. The Balaban J connectivity index is 4.14. The van der Waals surface area contributed by atoms with Gasteiger partial charge in [0, 0.05) is 18.7 Å². The minimum atomic E-state index is 0.186. The van der Waals surface area contributed by atoms with Gasteiger partial charge in [-0.25, -0.2) is 0 Å². The molecule has 0 saturated carbocycles. The standard InChI is InChI=1S/C12H23NO/c1-5-8-9-10-11(4)12(14)13(6-2)7-3/h10H,5-9H2,1-4H3/b11-10+. The average Bonchev–Trinajstić information content (AvgIpc) is 2.19. The maximum Gasteiger partial charge on any atom is 0.249 e. The Morgan fingerprint density at radius 1 is 1.21 bits per heavy atom. The average molecular weight is 197 g/mol. The lowest BCUT2D eigenvalue weighted by molar-refractivity contribution is -0.126. The minimum absolute atomic E-state index is 0.186. The van der Waals surface area contributed by atoms with Crippen LogP contribution in [0.2, 0.25) is 0 Å². The number of likely N-dealkylation sites (N-methyl/N-ethyl adjacent to an activating group) is 1. The number of carbonyl (C=O) groups excluding carboxylic acids is 1. The Morgan fingerprint density at radius 2 is 1.79 bits per heavy atom. The normalized spacial score (nSPS) is 11.6. The molecule has 0 aromatic rings. The van der Waals surface area contributed by atoms with E-state index >= 15 is 0 Å². The van der Waals surface area contributed by atoms with Crippen molar-refractivity contribution in [3.8, 4) is 0 Å². The zero-order valence-corrected chi connectivity index (χ0v) is 9.97. The molecule has 0 bridgehead atoms. The van der Waals surface area contributed by atoms with Crippen molar-refractivity contribution in [3.05, 3.63) is 11.6 Å². The molecule has 0 aliphatic heterocycles. The third-order valence-electron chi connectivity index (χ3n) is 2.40. The first kappa shape index (κ1) is 13.2. The van der Waals surface area contributed by atoms with Crippen molar-refractivity contribution >= 4 is 5.91 Å². The Bertz CT molecular complexity index is 192. The summed E-state index contributed by atoms with van der Waals surface area (Å²) in [6, 6.07) is 0. The van der Waals surface area contributed by atoms with Gasteiger partial charge in [-0.3, -0.25) is 4.79 Å². The van der Waals surface area contributed by atoms with Gasteiger partial charge in [0.25, 0.3) is 0 Å². The molecule has 2 nitrogen and oxygen atoms in total. The van der Waals surface area contributed by atoms with Gasteiger partial charge in [0.1, 0.15) is 0 Å². The van der Waals surface area contributed by atoms with E-state index in [0.29, 0.717) is 0 Å². The maximum atomic E-state index is 11.8. The van der Waals surface area contributed by atoms with Crippen molar-refractivity contribution in [2.45, 2.75) is 47.0 Å². The Labute approximate surface area is 88.0 Å². The first-order chi connectivity index (χ1) is 6.67. The second-order valence-electron chi connectivity index (χ2n) is 3.51. The fourth-order valence-electron chi connectivity index (χ4n) is 1.37. The third kappa shape index (κ3) is 4.45. The number of allylic oxidation sites excluding steroid dienone is 1. The summed E-state index contributed by atoms with van der Waals surface area (Å²) in [6.45, 7) is 9.70. The zero-order valence-electron chi connectivity index (χ0n) is 9.97. The number of rotatable bonds is 6. The van der Waals surface area contributed by atoms with Crippen molar-refractivity contribution in [1.29, 1.82) is 0 Å². The third-order valence-corrected chi connectivity index (χ3v) is 2.40. The highest BCUT2D eigenvalue weighted by atomic mass is 16.2. The summed E-state index contributed by atoms with van der Waals surface area (Å²) >= 11 is 0. The van der Waals surface area contributed by atoms with Gasteiger partial charge in [-0.05, 0) is 27.2 Å². The van der Waals surface area contributed by atoms with Gasteiger partial charge in [0.05, 0.1) is 0 Å². The second-order valence-corrected chi connectivity index (χ2v) is 3.51. The molecule has 14 heavy (non-hydrogen) atoms. The Hall–Kier alpha value is -0.790. The number of amides is 1. The van der Waals surface area contributed by atoms with Gasteiger partial charge in [0.15, 0.2) is 0 Å². The molecule has 0 heterocycles. The summed E-state index contributed by atoms with van der Waals surface area (Å²) in [5.41, 5.74) is 0.891. The van der Waals surface area contributed by atoms with E-state index < -0.39 is 0 Å². The smallest absolute Gasteiger partial charge is 0.249 e. The fourth-order valence-corrected chi connectivity index (χ4v) is 1.37. The predicted octanol–water partition coefficient (Wildman–Crippen LogP) is 2.99. The molecule has 0 radical (unpaired) electrons. The number of nitrogens with zero attached hydrogens (tertiary/aromatic N) is 1.